The largest absolute Gasteiger partial charge is 0.493 e. The lowest BCUT2D eigenvalue weighted by Gasteiger charge is -2.18. The minimum absolute atomic E-state index is 0.491. The molecule has 1 aromatic carbocycles. The molecule has 0 aromatic heterocycles. The van der Waals surface area contributed by atoms with E-state index in [9.17, 15) is 0 Å². The third kappa shape index (κ3) is 2.17. The van der Waals surface area contributed by atoms with Crippen LogP contribution in [0.25, 0.3) is 0 Å². The molecule has 94 valence electrons. The molecule has 1 heterocycles. The fourth-order valence-corrected chi connectivity index (χ4v) is 2.37. The molecule has 0 saturated carbocycles. The Labute approximate surface area is 102 Å². The molecule has 2 rings (SSSR count). The van der Waals surface area contributed by atoms with Gasteiger partial charge in [0.15, 0.2) is 11.5 Å². The Morgan fingerprint density at radius 3 is 2.35 bits per heavy atom. The highest BCUT2D eigenvalue weighted by Gasteiger charge is 2.24. The molecule has 0 radical (unpaired) electrons. The van der Waals surface area contributed by atoms with E-state index >= 15 is 0 Å². The van der Waals surface area contributed by atoms with Gasteiger partial charge in [-0.25, -0.2) is 0 Å². The summed E-state index contributed by atoms with van der Waals surface area (Å²) in [7, 11) is 4.94. The smallest absolute Gasteiger partial charge is 0.203 e. The van der Waals surface area contributed by atoms with Crippen molar-refractivity contribution in [1.29, 1.82) is 0 Å². The van der Waals surface area contributed by atoms with Gasteiger partial charge < -0.3 is 19.5 Å². The van der Waals surface area contributed by atoms with Crippen LogP contribution in [0.1, 0.15) is 17.9 Å². The molecular weight excluding hydrogens is 218 g/mol. The maximum absolute atomic E-state index is 5.49. The van der Waals surface area contributed by atoms with Gasteiger partial charge in [0.05, 0.1) is 21.3 Å². The number of nitrogens with one attached hydrogen (secondary N) is 1. The second-order valence-electron chi connectivity index (χ2n) is 4.11. The molecular formula is C13H19NO3. The van der Waals surface area contributed by atoms with Crippen LogP contribution in [-0.4, -0.2) is 34.4 Å². The summed E-state index contributed by atoms with van der Waals surface area (Å²) in [5.74, 6) is 2.67. The van der Waals surface area contributed by atoms with Gasteiger partial charge in [0.25, 0.3) is 0 Å². The first-order chi connectivity index (χ1) is 8.31. The summed E-state index contributed by atoms with van der Waals surface area (Å²) in [5, 5.41) is 3.36. The first kappa shape index (κ1) is 12.0. The van der Waals surface area contributed by atoms with Gasteiger partial charge in [-0.15, -0.1) is 0 Å². The van der Waals surface area contributed by atoms with Crippen LogP contribution >= 0.6 is 0 Å². The highest BCUT2D eigenvalue weighted by molar-refractivity contribution is 5.57. The molecule has 0 spiro atoms. The Morgan fingerprint density at radius 2 is 1.82 bits per heavy atom. The van der Waals surface area contributed by atoms with E-state index in [-0.39, 0.29) is 0 Å². The van der Waals surface area contributed by atoms with Crippen molar-refractivity contribution in [2.45, 2.75) is 12.3 Å². The second kappa shape index (κ2) is 5.27. The van der Waals surface area contributed by atoms with E-state index in [1.807, 2.05) is 6.07 Å². The highest BCUT2D eigenvalue weighted by atomic mass is 16.5. The van der Waals surface area contributed by atoms with E-state index in [0.29, 0.717) is 17.4 Å². The molecule has 17 heavy (non-hydrogen) atoms. The Bertz CT molecular complexity index is 386. The minimum Gasteiger partial charge on any atom is -0.493 e. The third-order valence-electron chi connectivity index (χ3n) is 3.23. The normalized spacial score (nSPS) is 19.1. The summed E-state index contributed by atoms with van der Waals surface area (Å²) >= 11 is 0. The molecule has 1 N–H and O–H groups in total. The van der Waals surface area contributed by atoms with E-state index in [1.165, 1.54) is 5.56 Å². The molecule has 4 nitrogen and oxygen atoms in total. The summed E-state index contributed by atoms with van der Waals surface area (Å²) in [6.07, 6.45) is 1.13. The third-order valence-corrected chi connectivity index (χ3v) is 3.23. The maximum Gasteiger partial charge on any atom is 0.203 e. The van der Waals surface area contributed by atoms with Crippen molar-refractivity contribution in [1.82, 2.24) is 5.32 Å². The van der Waals surface area contributed by atoms with Gasteiger partial charge in [-0.05, 0) is 19.0 Å². The maximum atomic E-state index is 5.49. The van der Waals surface area contributed by atoms with Gasteiger partial charge in [-0.2, -0.15) is 0 Å². The average Bonchev–Trinajstić information content (AvgIpc) is 2.90. The van der Waals surface area contributed by atoms with Crippen molar-refractivity contribution in [3.63, 3.8) is 0 Å². The minimum atomic E-state index is 0.491. The van der Waals surface area contributed by atoms with Crippen LogP contribution in [0.3, 0.4) is 0 Å². The number of hydrogen-bond acceptors (Lipinski definition) is 4. The standard InChI is InChI=1S/C13H19NO3/c1-15-11-5-4-10(9-6-7-14-8-9)12(16-2)13(11)17-3/h4-5,9,14H,6-8H2,1-3H3. The molecule has 1 aromatic rings. The van der Waals surface area contributed by atoms with Gasteiger partial charge in [0.1, 0.15) is 0 Å². The Hall–Kier alpha value is -1.42. The molecule has 1 atom stereocenters. The Balaban J connectivity index is 2.44. The topological polar surface area (TPSA) is 39.7 Å². The lowest BCUT2D eigenvalue weighted by Crippen LogP contribution is -2.09. The molecule has 0 aliphatic carbocycles. The predicted octanol–water partition coefficient (Wildman–Crippen LogP) is 1.79. The van der Waals surface area contributed by atoms with Crippen LogP contribution in [0.4, 0.5) is 0 Å². The summed E-state index contributed by atoms with van der Waals surface area (Å²) in [4.78, 5) is 0. The van der Waals surface area contributed by atoms with Crippen molar-refractivity contribution >= 4 is 0 Å². The zero-order chi connectivity index (χ0) is 12.3. The average molecular weight is 237 g/mol. The van der Waals surface area contributed by atoms with Crippen LogP contribution in [0.2, 0.25) is 0 Å². The van der Waals surface area contributed by atoms with Gasteiger partial charge >= 0.3 is 0 Å². The molecule has 4 heteroatoms. The van der Waals surface area contributed by atoms with Gasteiger partial charge in [-0.3, -0.25) is 0 Å². The van der Waals surface area contributed by atoms with Gasteiger partial charge in [0, 0.05) is 18.0 Å². The molecule has 0 amide bonds. The number of ether oxygens (including phenoxy) is 3. The first-order valence-electron chi connectivity index (χ1n) is 5.81. The van der Waals surface area contributed by atoms with Crippen molar-refractivity contribution < 1.29 is 14.2 Å². The van der Waals surface area contributed by atoms with E-state index in [4.69, 9.17) is 14.2 Å². The summed E-state index contributed by atoms with van der Waals surface area (Å²) < 4.78 is 16.2. The van der Waals surface area contributed by atoms with Crippen molar-refractivity contribution in [3.8, 4) is 17.2 Å². The van der Waals surface area contributed by atoms with E-state index in [2.05, 4.69) is 11.4 Å². The SMILES string of the molecule is COc1ccc(C2CCNC2)c(OC)c1OC. The summed E-state index contributed by atoms with van der Waals surface area (Å²) in [6.45, 7) is 2.05. The zero-order valence-corrected chi connectivity index (χ0v) is 10.6. The number of benzene rings is 1. The fourth-order valence-electron chi connectivity index (χ4n) is 2.37. The van der Waals surface area contributed by atoms with E-state index < -0.39 is 0 Å². The summed E-state index contributed by atoms with van der Waals surface area (Å²) in [6, 6.07) is 4.01. The van der Waals surface area contributed by atoms with E-state index in [0.717, 1.165) is 25.3 Å². The van der Waals surface area contributed by atoms with Crippen LogP contribution in [-0.2, 0) is 0 Å². The van der Waals surface area contributed by atoms with Crippen LogP contribution in [0, 0.1) is 0 Å². The zero-order valence-electron chi connectivity index (χ0n) is 10.6. The lowest BCUT2D eigenvalue weighted by molar-refractivity contribution is 0.321. The molecule has 1 saturated heterocycles. The highest BCUT2D eigenvalue weighted by Crippen LogP contribution is 2.43. The Kier molecular flexibility index (Phi) is 3.74. The van der Waals surface area contributed by atoms with Crippen LogP contribution in [0.15, 0.2) is 12.1 Å². The van der Waals surface area contributed by atoms with E-state index in [1.54, 1.807) is 21.3 Å². The second-order valence-corrected chi connectivity index (χ2v) is 4.11. The quantitative estimate of drug-likeness (QED) is 0.866. The first-order valence-corrected chi connectivity index (χ1v) is 5.81. The van der Waals surface area contributed by atoms with Crippen LogP contribution < -0.4 is 19.5 Å². The monoisotopic (exact) mass is 237 g/mol. The van der Waals surface area contributed by atoms with Gasteiger partial charge in [0.2, 0.25) is 5.75 Å². The Morgan fingerprint density at radius 1 is 1.06 bits per heavy atom. The number of methoxy groups -OCH3 is 3. The number of rotatable bonds is 4. The van der Waals surface area contributed by atoms with Crippen LogP contribution in [0.5, 0.6) is 17.2 Å². The van der Waals surface area contributed by atoms with Crippen molar-refractivity contribution in [3.05, 3.63) is 17.7 Å². The number of hydrogen-bond donors (Lipinski definition) is 1. The van der Waals surface area contributed by atoms with Crippen molar-refractivity contribution in [2.75, 3.05) is 34.4 Å². The molecule has 1 fully saturated rings. The fraction of sp³-hybridized carbons (Fsp3) is 0.538. The molecule has 1 aliphatic heterocycles. The molecule has 1 unspecified atom stereocenters. The lowest BCUT2D eigenvalue weighted by atomic mass is 9.96. The van der Waals surface area contributed by atoms with Gasteiger partial charge in [-0.1, -0.05) is 6.07 Å². The van der Waals surface area contributed by atoms with Crippen molar-refractivity contribution in [2.24, 2.45) is 0 Å². The summed E-state index contributed by atoms with van der Waals surface area (Å²) in [5.41, 5.74) is 1.19. The predicted molar refractivity (Wildman–Crippen MR) is 66.3 cm³/mol. The molecule has 1 aliphatic rings. The molecule has 0 bridgehead atoms.